The Kier molecular flexibility index (Phi) is 6.11. The molecule has 1 atom stereocenters. The fourth-order valence-electron chi connectivity index (χ4n) is 4.00. The van der Waals surface area contributed by atoms with Gasteiger partial charge in [-0.05, 0) is 24.6 Å². The number of halogens is 6. The molecule has 2 aromatic heterocycles. The van der Waals surface area contributed by atoms with Crippen molar-refractivity contribution in [2.24, 2.45) is 0 Å². The molecule has 3 aromatic rings. The van der Waals surface area contributed by atoms with Crippen LogP contribution in [0.3, 0.4) is 0 Å². The summed E-state index contributed by atoms with van der Waals surface area (Å²) in [4.78, 5) is 29.2. The number of hydrogen-bond donors (Lipinski definition) is 2. The predicted octanol–water partition coefficient (Wildman–Crippen LogP) is 4.48. The molecule has 186 valence electrons. The first-order valence-electron chi connectivity index (χ1n) is 10.4. The van der Waals surface area contributed by atoms with Crippen LogP contribution in [0, 0.1) is 5.82 Å². The Bertz CT molecular complexity index is 1340. The number of piperidine rings is 1. The van der Waals surface area contributed by atoms with Gasteiger partial charge in [-0.2, -0.15) is 13.2 Å². The minimum absolute atomic E-state index is 0.0724. The van der Waals surface area contributed by atoms with E-state index in [0.717, 1.165) is 23.1 Å². The quantitative estimate of drug-likeness (QED) is 0.503. The van der Waals surface area contributed by atoms with Crippen LogP contribution in [-0.2, 0) is 0 Å². The van der Waals surface area contributed by atoms with E-state index in [4.69, 9.17) is 0 Å². The first-order valence-corrected chi connectivity index (χ1v) is 10.4. The van der Waals surface area contributed by atoms with Crippen molar-refractivity contribution in [3.63, 3.8) is 0 Å². The fraction of sp³-hybridized carbons (Fsp3) is 0.318. The highest BCUT2D eigenvalue weighted by Crippen LogP contribution is 2.38. The zero-order valence-corrected chi connectivity index (χ0v) is 17.8. The van der Waals surface area contributed by atoms with Gasteiger partial charge in [-0.15, -0.1) is 0 Å². The lowest BCUT2D eigenvalue weighted by molar-refractivity contribution is -0.143. The van der Waals surface area contributed by atoms with E-state index in [9.17, 15) is 41.0 Å². The molecular formula is C22H18F6N4O3. The van der Waals surface area contributed by atoms with E-state index in [0.29, 0.717) is 16.7 Å². The van der Waals surface area contributed by atoms with Gasteiger partial charge in [0.2, 0.25) is 0 Å². The normalized spacial score (nSPS) is 16.8. The second-order valence-corrected chi connectivity index (χ2v) is 8.11. The Balaban J connectivity index is 1.89. The van der Waals surface area contributed by atoms with Gasteiger partial charge in [0.05, 0.1) is 12.1 Å². The molecule has 3 heterocycles. The number of aromatic carboxylic acids is 1. The fourth-order valence-corrected chi connectivity index (χ4v) is 4.00. The van der Waals surface area contributed by atoms with Gasteiger partial charge in [-0.1, -0.05) is 12.1 Å². The summed E-state index contributed by atoms with van der Waals surface area (Å²) in [5, 5.41) is 11.4. The number of carboxylic acids is 1. The van der Waals surface area contributed by atoms with Crippen molar-refractivity contribution in [1.82, 2.24) is 9.38 Å². The first-order chi connectivity index (χ1) is 16.4. The molecule has 0 radical (unpaired) electrons. The third-order valence-corrected chi connectivity index (χ3v) is 5.56. The summed E-state index contributed by atoms with van der Waals surface area (Å²) in [7, 11) is 0. The number of benzene rings is 1. The molecule has 1 saturated heterocycles. The average Bonchev–Trinajstić information content (AvgIpc) is 2.76. The first kappa shape index (κ1) is 24.4. The number of pyridine rings is 1. The Morgan fingerprint density at radius 2 is 1.91 bits per heavy atom. The molecule has 0 spiro atoms. The molecule has 0 bridgehead atoms. The number of nitrogens with one attached hydrogen (secondary N) is 1. The summed E-state index contributed by atoms with van der Waals surface area (Å²) in [6, 6.07) is 3.50. The monoisotopic (exact) mass is 500 g/mol. The third-order valence-electron chi connectivity index (χ3n) is 5.56. The molecule has 2 N–H and O–H groups in total. The molecule has 1 aromatic carbocycles. The number of carbonyl (C=O) groups is 1. The lowest BCUT2D eigenvalue weighted by Crippen LogP contribution is -2.43. The Morgan fingerprint density at radius 3 is 2.57 bits per heavy atom. The summed E-state index contributed by atoms with van der Waals surface area (Å²) in [6.45, 7) is -0.680. The van der Waals surface area contributed by atoms with Crippen LogP contribution < -0.4 is 15.8 Å². The minimum atomic E-state index is -5.09. The minimum Gasteiger partial charge on any atom is -0.478 e. The Morgan fingerprint density at radius 1 is 1.20 bits per heavy atom. The van der Waals surface area contributed by atoms with Crippen molar-refractivity contribution in [1.29, 1.82) is 0 Å². The molecule has 0 unspecified atom stereocenters. The average molecular weight is 500 g/mol. The molecule has 13 heteroatoms. The maximum absolute atomic E-state index is 14.3. The van der Waals surface area contributed by atoms with Crippen LogP contribution in [0.25, 0.3) is 5.65 Å². The molecule has 7 nitrogen and oxygen atoms in total. The predicted molar refractivity (Wildman–Crippen MR) is 114 cm³/mol. The highest BCUT2D eigenvalue weighted by Gasteiger charge is 2.43. The summed E-state index contributed by atoms with van der Waals surface area (Å²) in [5.41, 5.74) is -3.26. The number of para-hydroxylation sites is 1. The van der Waals surface area contributed by atoms with E-state index in [2.05, 4.69) is 10.3 Å². The largest absolute Gasteiger partial charge is 0.478 e. The highest BCUT2D eigenvalue weighted by molar-refractivity contribution is 5.94. The zero-order valence-electron chi connectivity index (χ0n) is 17.8. The van der Waals surface area contributed by atoms with Gasteiger partial charge in [0.25, 0.3) is 11.5 Å². The van der Waals surface area contributed by atoms with Gasteiger partial charge in [-0.3, -0.25) is 9.20 Å². The molecular weight excluding hydrogens is 482 g/mol. The maximum Gasteiger partial charge on any atom is 0.412 e. The van der Waals surface area contributed by atoms with Crippen LogP contribution >= 0.6 is 0 Å². The van der Waals surface area contributed by atoms with E-state index in [1.54, 1.807) is 0 Å². The maximum atomic E-state index is 14.3. The number of rotatable bonds is 5. The smallest absolute Gasteiger partial charge is 0.412 e. The molecule has 1 fully saturated rings. The van der Waals surface area contributed by atoms with E-state index >= 15 is 0 Å². The van der Waals surface area contributed by atoms with Gasteiger partial charge in [-0.25, -0.2) is 22.9 Å². The SMILES string of the molecule is O=C(O)c1ccccc1N[C@@H](c1cc(F)cn2c(=O)cc(N3CCCC(F)(F)C3)nc12)C(F)(F)F. The van der Waals surface area contributed by atoms with Crippen molar-refractivity contribution < 1.29 is 36.2 Å². The summed E-state index contributed by atoms with van der Waals surface area (Å²) in [6.07, 6.45) is -4.76. The summed E-state index contributed by atoms with van der Waals surface area (Å²) >= 11 is 0. The second-order valence-electron chi connectivity index (χ2n) is 8.11. The van der Waals surface area contributed by atoms with Crippen molar-refractivity contribution in [2.45, 2.75) is 31.0 Å². The van der Waals surface area contributed by atoms with E-state index in [-0.39, 0.29) is 25.2 Å². The number of hydrogen-bond acceptors (Lipinski definition) is 5. The van der Waals surface area contributed by atoms with Crippen molar-refractivity contribution >= 4 is 23.1 Å². The highest BCUT2D eigenvalue weighted by atomic mass is 19.4. The molecule has 4 rings (SSSR count). The van der Waals surface area contributed by atoms with Crippen LogP contribution in [0.1, 0.15) is 34.8 Å². The number of alkyl halides is 5. The second kappa shape index (κ2) is 8.78. The van der Waals surface area contributed by atoms with Crippen LogP contribution in [0.5, 0.6) is 0 Å². The van der Waals surface area contributed by atoms with Gasteiger partial charge < -0.3 is 15.3 Å². The van der Waals surface area contributed by atoms with Gasteiger partial charge >= 0.3 is 12.1 Å². The number of aromatic nitrogens is 2. The van der Waals surface area contributed by atoms with Crippen molar-refractivity contribution in [2.75, 3.05) is 23.3 Å². The number of carboxylic acid groups (broad SMARTS) is 1. The standard InChI is InChI=1S/C22H18F6N4O3/c23-12-8-14(18(22(26,27)28)29-15-5-2-1-4-13(15)20(34)35)19-30-16(9-17(33)32(19)10-12)31-7-3-6-21(24,25)11-31/h1-2,4-5,8-10,18,29H,3,6-7,11H2,(H,34,35)/t18-/m0/s1. The van der Waals surface area contributed by atoms with E-state index < -0.39 is 64.5 Å². The topological polar surface area (TPSA) is 86.9 Å². The number of fused-ring (bicyclic) bond motifs is 1. The van der Waals surface area contributed by atoms with Crippen molar-refractivity contribution in [3.05, 3.63) is 69.9 Å². The summed E-state index contributed by atoms with van der Waals surface area (Å²) in [5.74, 6) is -6.03. The van der Waals surface area contributed by atoms with Crippen LogP contribution in [-0.4, -0.2) is 45.6 Å². The van der Waals surface area contributed by atoms with Crippen LogP contribution in [0.15, 0.2) is 47.4 Å². The molecule has 1 aliphatic heterocycles. The number of nitrogens with zero attached hydrogens (tertiary/aromatic N) is 3. The number of anilines is 2. The molecule has 1 aliphatic rings. The Hall–Kier alpha value is -3.77. The van der Waals surface area contributed by atoms with Gasteiger partial charge in [0.15, 0.2) is 6.04 Å². The van der Waals surface area contributed by atoms with Crippen molar-refractivity contribution in [3.8, 4) is 0 Å². The zero-order chi connectivity index (χ0) is 25.5. The van der Waals surface area contributed by atoms with E-state index in [1.807, 2.05) is 0 Å². The molecule has 0 saturated carbocycles. The molecule has 0 aliphatic carbocycles. The van der Waals surface area contributed by atoms with Gasteiger partial charge in [0.1, 0.15) is 17.3 Å². The third kappa shape index (κ3) is 5.03. The van der Waals surface area contributed by atoms with Gasteiger partial charge in [0, 0.05) is 36.5 Å². The lowest BCUT2D eigenvalue weighted by Gasteiger charge is -2.33. The molecule has 0 amide bonds. The summed E-state index contributed by atoms with van der Waals surface area (Å²) < 4.78 is 85.3. The van der Waals surface area contributed by atoms with Crippen LogP contribution in [0.2, 0.25) is 0 Å². The molecule has 35 heavy (non-hydrogen) atoms. The van der Waals surface area contributed by atoms with Crippen LogP contribution in [0.4, 0.5) is 37.8 Å². The lowest BCUT2D eigenvalue weighted by atomic mass is 10.1. The Labute approximate surface area is 193 Å². The van der Waals surface area contributed by atoms with E-state index in [1.165, 1.54) is 12.1 Å².